The first-order valence-electron chi connectivity index (χ1n) is 6.40. The van der Waals surface area contributed by atoms with Gasteiger partial charge in [-0.05, 0) is 74.8 Å². The van der Waals surface area contributed by atoms with Crippen molar-refractivity contribution in [3.05, 3.63) is 0 Å². The van der Waals surface area contributed by atoms with E-state index in [1.54, 1.807) is 11.8 Å². The average molecular weight is 256 g/mol. The molecule has 4 rings (SSSR count). The Morgan fingerprint density at radius 2 is 1.69 bits per heavy atom. The quantitative estimate of drug-likeness (QED) is 0.694. The number of hydrogen-bond acceptors (Lipinski definition) is 3. The first kappa shape index (κ1) is 11.3. The molecule has 0 saturated heterocycles. The Kier molecular flexibility index (Phi) is 2.95. The van der Waals surface area contributed by atoms with Gasteiger partial charge in [0.15, 0.2) is 0 Å². The maximum atomic E-state index is 5.77. The molecule has 4 bridgehead atoms. The van der Waals surface area contributed by atoms with E-state index in [2.05, 4.69) is 0 Å². The fourth-order valence-corrected chi connectivity index (χ4v) is 4.97. The molecule has 4 fully saturated rings. The zero-order valence-electron chi connectivity index (χ0n) is 9.91. The van der Waals surface area contributed by atoms with Gasteiger partial charge in [0, 0.05) is 5.41 Å². The van der Waals surface area contributed by atoms with Gasteiger partial charge in [-0.3, -0.25) is 0 Å². The molecular weight excluding hydrogens is 236 g/mol. The molecule has 0 aliphatic heterocycles. The normalized spacial score (nSPS) is 44.7. The molecule has 1 nitrogen and oxygen atoms in total. The molecule has 4 saturated carbocycles. The van der Waals surface area contributed by atoms with Crippen molar-refractivity contribution in [3.63, 3.8) is 0 Å². The smallest absolute Gasteiger partial charge is 0.219 e. The van der Waals surface area contributed by atoms with Gasteiger partial charge in [0.25, 0.3) is 0 Å². The predicted molar refractivity (Wildman–Crippen MR) is 72.7 cm³/mol. The monoisotopic (exact) mass is 256 g/mol. The molecule has 0 unspecified atom stereocenters. The van der Waals surface area contributed by atoms with Crippen molar-refractivity contribution < 1.29 is 4.74 Å². The first-order chi connectivity index (χ1) is 7.69. The highest BCUT2D eigenvalue weighted by atomic mass is 32.2. The summed E-state index contributed by atoms with van der Waals surface area (Å²) in [6.45, 7) is 0.899. The van der Waals surface area contributed by atoms with Gasteiger partial charge in [-0.25, -0.2) is 0 Å². The predicted octanol–water partition coefficient (Wildman–Crippen LogP) is 3.87. The molecule has 4 aliphatic carbocycles. The largest absolute Gasteiger partial charge is 0.478 e. The van der Waals surface area contributed by atoms with Crippen molar-refractivity contribution in [2.45, 2.75) is 38.5 Å². The maximum Gasteiger partial charge on any atom is 0.219 e. The molecule has 4 aliphatic rings. The van der Waals surface area contributed by atoms with Crippen molar-refractivity contribution in [2.75, 3.05) is 12.9 Å². The van der Waals surface area contributed by atoms with E-state index in [4.69, 9.17) is 17.0 Å². The second-order valence-electron chi connectivity index (χ2n) is 6.16. The summed E-state index contributed by atoms with van der Waals surface area (Å²) < 4.78 is 6.50. The van der Waals surface area contributed by atoms with Gasteiger partial charge in [-0.1, -0.05) is 11.8 Å². The van der Waals surface area contributed by atoms with E-state index in [9.17, 15) is 0 Å². The second kappa shape index (κ2) is 4.16. The van der Waals surface area contributed by atoms with Crippen LogP contribution in [0.1, 0.15) is 38.5 Å². The van der Waals surface area contributed by atoms with Crippen molar-refractivity contribution in [2.24, 2.45) is 23.2 Å². The zero-order valence-corrected chi connectivity index (χ0v) is 11.5. The van der Waals surface area contributed by atoms with Crippen LogP contribution in [0.3, 0.4) is 0 Å². The van der Waals surface area contributed by atoms with Crippen molar-refractivity contribution >= 4 is 28.4 Å². The van der Waals surface area contributed by atoms with E-state index < -0.39 is 0 Å². The molecule has 0 spiro atoms. The Bertz CT molecular complexity index is 265. The molecule has 3 heteroatoms. The van der Waals surface area contributed by atoms with E-state index in [-0.39, 0.29) is 0 Å². The van der Waals surface area contributed by atoms with Gasteiger partial charge in [0.1, 0.15) is 0 Å². The van der Waals surface area contributed by atoms with Gasteiger partial charge >= 0.3 is 0 Å². The molecule has 0 radical (unpaired) electrons. The summed E-state index contributed by atoms with van der Waals surface area (Å²) in [7, 11) is 0. The van der Waals surface area contributed by atoms with Gasteiger partial charge in [-0.2, -0.15) is 0 Å². The van der Waals surface area contributed by atoms with E-state index in [1.165, 1.54) is 38.5 Å². The summed E-state index contributed by atoms with van der Waals surface area (Å²) in [6, 6.07) is 0. The van der Waals surface area contributed by atoms with Crippen LogP contribution in [0.2, 0.25) is 0 Å². The van der Waals surface area contributed by atoms with Crippen LogP contribution in [0.15, 0.2) is 0 Å². The minimum atomic E-state index is 0.508. The standard InChI is InChI=1S/C13H20OS2/c1-16-12(15)14-8-13-5-9-2-10(6-13)4-11(3-9)7-13/h9-11H,2-8H2,1H3. The first-order valence-corrected chi connectivity index (χ1v) is 8.03. The van der Waals surface area contributed by atoms with Crippen LogP contribution < -0.4 is 0 Å². The summed E-state index contributed by atoms with van der Waals surface area (Å²) in [5, 5.41) is 0. The van der Waals surface area contributed by atoms with Crippen LogP contribution in [-0.4, -0.2) is 17.2 Å². The summed E-state index contributed by atoms with van der Waals surface area (Å²) >= 11 is 6.71. The van der Waals surface area contributed by atoms with E-state index in [0.29, 0.717) is 5.41 Å². The third-order valence-corrected chi connectivity index (χ3v) is 5.90. The zero-order chi connectivity index (χ0) is 11.2. The molecular formula is C13H20OS2. The summed E-state index contributed by atoms with van der Waals surface area (Å²) in [4.78, 5) is 0. The molecule has 0 amide bonds. The minimum Gasteiger partial charge on any atom is -0.478 e. The molecule has 0 heterocycles. The van der Waals surface area contributed by atoms with Crippen LogP contribution in [0.25, 0.3) is 0 Å². The third-order valence-electron chi connectivity index (χ3n) is 4.83. The summed E-state index contributed by atoms with van der Waals surface area (Å²) in [5.74, 6) is 3.04. The fourth-order valence-electron chi connectivity index (χ4n) is 4.74. The molecule has 0 atom stereocenters. The maximum absolute atomic E-state index is 5.77. The molecule has 0 N–H and O–H groups in total. The number of ether oxygens (including phenoxy) is 1. The lowest BCUT2D eigenvalue weighted by atomic mass is 9.50. The Morgan fingerprint density at radius 1 is 1.19 bits per heavy atom. The molecule has 0 aromatic carbocycles. The number of hydrogen-bond donors (Lipinski definition) is 0. The van der Waals surface area contributed by atoms with Crippen LogP contribution in [0.4, 0.5) is 0 Å². The van der Waals surface area contributed by atoms with Crippen molar-refractivity contribution in [1.82, 2.24) is 0 Å². The highest BCUT2D eigenvalue weighted by Gasteiger charge is 2.51. The Morgan fingerprint density at radius 3 is 2.12 bits per heavy atom. The van der Waals surface area contributed by atoms with Crippen LogP contribution in [0, 0.1) is 23.2 Å². The Balaban J connectivity index is 1.67. The van der Waals surface area contributed by atoms with Crippen molar-refractivity contribution in [1.29, 1.82) is 0 Å². The van der Waals surface area contributed by atoms with Crippen molar-refractivity contribution in [3.8, 4) is 0 Å². The SMILES string of the molecule is CSC(=S)OCC12CC3CC(CC(C3)C1)C2. The average Bonchev–Trinajstić information content (AvgIpc) is 2.24. The van der Waals surface area contributed by atoms with E-state index in [1.807, 2.05) is 6.26 Å². The molecule has 0 aromatic heterocycles. The number of thioether (sulfide) groups is 1. The van der Waals surface area contributed by atoms with E-state index >= 15 is 0 Å². The Hall–Kier alpha value is 0.240. The second-order valence-corrected chi connectivity index (χ2v) is 7.57. The van der Waals surface area contributed by atoms with Crippen LogP contribution in [0.5, 0.6) is 0 Å². The fraction of sp³-hybridized carbons (Fsp3) is 0.923. The van der Waals surface area contributed by atoms with Gasteiger partial charge < -0.3 is 4.74 Å². The van der Waals surface area contributed by atoms with Gasteiger partial charge in [-0.15, -0.1) is 0 Å². The third kappa shape index (κ3) is 2.01. The van der Waals surface area contributed by atoms with Crippen LogP contribution in [-0.2, 0) is 4.74 Å². The van der Waals surface area contributed by atoms with Crippen LogP contribution >= 0.6 is 24.0 Å². The topological polar surface area (TPSA) is 9.23 Å². The molecule has 16 heavy (non-hydrogen) atoms. The van der Waals surface area contributed by atoms with Gasteiger partial charge in [0.05, 0.1) is 6.61 Å². The lowest BCUT2D eigenvalue weighted by molar-refractivity contribution is -0.0756. The summed E-state index contributed by atoms with van der Waals surface area (Å²) in [5.41, 5.74) is 0.508. The number of rotatable bonds is 2. The lowest BCUT2D eigenvalue weighted by Gasteiger charge is -2.56. The summed E-state index contributed by atoms with van der Waals surface area (Å²) in [6.07, 6.45) is 10.8. The molecule has 90 valence electrons. The lowest BCUT2D eigenvalue weighted by Crippen LogP contribution is -2.48. The van der Waals surface area contributed by atoms with Gasteiger partial charge in [0.2, 0.25) is 4.38 Å². The minimum absolute atomic E-state index is 0.508. The highest BCUT2D eigenvalue weighted by molar-refractivity contribution is 8.22. The Labute approximate surface area is 108 Å². The number of thiocarbonyl (C=S) groups is 1. The molecule has 0 aromatic rings. The highest BCUT2D eigenvalue weighted by Crippen LogP contribution is 2.60. The van der Waals surface area contributed by atoms with E-state index in [0.717, 1.165) is 28.7 Å².